The molecule has 1 amide bonds. The van der Waals surface area contributed by atoms with Gasteiger partial charge in [-0.05, 0) is 75.6 Å². The van der Waals surface area contributed by atoms with Gasteiger partial charge in [-0.15, -0.1) is 0 Å². The molecular formula is C27H33N5OS. The minimum Gasteiger partial charge on any atom is -0.352 e. The summed E-state index contributed by atoms with van der Waals surface area (Å²) in [6, 6.07) is 16.8. The van der Waals surface area contributed by atoms with Crippen LogP contribution in [0.3, 0.4) is 0 Å². The molecule has 1 aromatic carbocycles. The van der Waals surface area contributed by atoms with Gasteiger partial charge in [0.1, 0.15) is 5.65 Å². The third kappa shape index (κ3) is 5.71. The Bertz CT molecular complexity index is 1140. The van der Waals surface area contributed by atoms with Crippen LogP contribution in [-0.4, -0.2) is 70.9 Å². The summed E-state index contributed by atoms with van der Waals surface area (Å²) in [6.45, 7) is 7.53. The number of hydrogen-bond acceptors (Lipinski definition) is 5. The van der Waals surface area contributed by atoms with Crippen molar-refractivity contribution in [3.05, 3.63) is 70.9 Å². The van der Waals surface area contributed by atoms with E-state index in [1.54, 1.807) is 0 Å². The summed E-state index contributed by atoms with van der Waals surface area (Å²) < 4.78 is 2.09. The maximum absolute atomic E-state index is 12.8. The van der Waals surface area contributed by atoms with Gasteiger partial charge in [0.15, 0.2) is 0 Å². The van der Waals surface area contributed by atoms with Crippen molar-refractivity contribution in [3.8, 4) is 0 Å². The molecule has 0 unspecified atom stereocenters. The summed E-state index contributed by atoms with van der Waals surface area (Å²) in [4.78, 5) is 23.1. The van der Waals surface area contributed by atoms with Crippen molar-refractivity contribution in [2.45, 2.75) is 30.7 Å². The molecule has 1 fully saturated rings. The van der Waals surface area contributed by atoms with Crippen molar-refractivity contribution >= 4 is 29.4 Å². The van der Waals surface area contributed by atoms with Crippen molar-refractivity contribution < 1.29 is 4.79 Å². The normalized spacial score (nSPS) is 16.9. The second kappa shape index (κ2) is 11.2. The van der Waals surface area contributed by atoms with E-state index in [2.05, 4.69) is 54.8 Å². The van der Waals surface area contributed by atoms with E-state index in [0.717, 1.165) is 60.3 Å². The van der Waals surface area contributed by atoms with Gasteiger partial charge in [0, 0.05) is 19.6 Å². The molecule has 1 N–H and O–H groups in total. The Morgan fingerprint density at radius 1 is 0.941 bits per heavy atom. The van der Waals surface area contributed by atoms with Crippen LogP contribution < -0.4 is 5.32 Å². The number of amides is 1. The lowest BCUT2D eigenvalue weighted by Gasteiger charge is -2.22. The highest BCUT2D eigenvalue weighted by molar-refractivity contribution is 8.04. The number of imidazole rings is 1. The molecular weight excluding hydrogens is 442 g/mol. The maximum atomic E-state index is 12.8. The van der Waals surface area contributed by atoms with E-state index in [9.17, 15) is 4.79 Å². The van der Waals surface area contributed by atoms with Crippen molar-refractivity contribution in [1.82, 2.24) is 24.5 Å². The molecule has 2 aliphatic heterocycles. The maximum Gasteiger partial charge on any atom is 0.258 e. The van der Waals surface area contributed by atoms with E-state index < -0.39 is 0 Å². The predicted molar refractivity (Wildman–Crippen MR) is 139 cm³/mol. The number of carbonyl (C=O) groups excluding carboxylic acids is 1. The summed E-state index contributed by atoms with van der Waals surface area (Å²) in [6.07, 6.45) is 8.35. The van der Waals surface area contributed by atoms with Gasteiger partial charge in [0.2, 0.25) is 0 Å². The zero-order chi connectivity index (χ0) is 23.2. The fraction of sp³-hybridized carbons (Fsp3) is 0.407. The van der Waals surface area contributed by atoms with Crippen molar-refractivity contribution in [2.75, 3.05) is 45.8 Å². The van der Waals surface area contributed by atoms with Crippen LogP contribution in [0.5, 0.6) is 0 Å². The Morgan fingerprint density at radius 3 is 2.56 bits per heavy atom. The number of benzene rings is 1. The molecule has 0 saturated carbocycles. The molecule has 0 spiro atoms. The first kappa shape index (κ1) is 23.1. The first-order valence-electron chi connectivity index (χ1n) is 12.4. The van der Waals surface area contributed by atoms with Crippen molar-refractivity contribution in [1.29, 1.82) is 0 Å². The molecule has 0 radical (unpaired) electrons. The van der Waals surface area contributed by atoms with E-state index in [1.165, 1.54) is 43.3 Å². The van der Waals surface area contributed by atoms with Gasteiger partial charge in [-0.3, -0.25) is 9.20 Å². The Balaban J connectivity index is 1.01. The van der Waals surface area contributed by atoms with E-state index >= 15 is 0 Å². The highest BCUT2D eigenvalue weighted by Gasteiger charge is 2.20. The molecule has 0 atom stereocenters. The monoisotopic (exact) mass is 475 g/mol. The van der Waals surface area contributed by atoms with Gasteiger partial charge < -0.3 is 15.1 Å². The van der Waals surface area contributed by atoms with Crippen molar-refractivity contribution in [2.24, 2.45) is 0 Å². The van der Waals surface area contributed by atoms with Crippen LogP contribution in [0.25, 0.3) is 11.7 Å². The highest BCUT2D eigenvalue weighted by Crippen LogP contribution is 2.34. The lowest BCUT2D eigenvalue weighted by molar-refractivity contribution is -0.116. The number of aromatic nitrogens is 2. The molecule has 5 rings (SSSR count). The van der Waals surface area contributed by atoms with E-state index in [0.29, 0.717) is 6.54 Å². The molecule has 178 valence electrons. The summed E-state index contributed by atoms with van der Waals surface area (Å²) in [7, 11) is 0. The van der Waals surface area contributed by atoms with Gasteiger partial charge in [0.25, 0.3) is 5.91 Å². The topological polar surface area (TPSA) is 52.9 Å². The number of aryl methyl sites for hydroxylation is 1. The molecule has 2 aliphatic rings. The van der Waals surface area contributed by atoms with Gasteiger partial charge in [-0.2, -0.15) is 0 Å². The predicted octanol–water partition coefficient (Wildman–Crippen LogP) is 3.93. The van der Waals surface area contributed by atoms with E-state index in [4.69, 9.17) is 0 Å². The van der Waals surface area contributed by atoms with Gasteiger partial charge >= 0.3 is 0 Å². The molecule has 6 nitrogen and oxygen atoms in total. The van der Waals surface area contributed by atoms with E-state index in [1.807, 2.05) is 30.5 Å². The molecule has 0 aliphatic carbocycles. The number of hydrogen-bond donors (Lipinski definition) is 1. The van der Waals surface area contributed by atoms with Crippen LogP contribution in [-0.2, 0) is 11.2 Å². The summed E-state index contributed by atoms with van der Waals surface area (Å²) in [5, 5.41) is 4.16. The average Bonchev–Trinajstić information content (AvgIpc) is 3.15. The summed E-state index contributed by atoms with van der Waals surface area (Å²) >= 11 is 1.51. The third-order valence-electron chi connectivity index (χ3n) is 6.64. The van der Waals surface area contributed by atoms with Crippen LogP contribution in [0.4, 0.5) is 0 Å². The zero-order valence-corrected chi connectivity index (χ0v) is 20.5. The fourth-order valence-corrected chi connectivity index (χ4v) is 5.82. The number of thioether (sulfide) groups is 1. The molecule has 4 heterocycles. The van der Waals surface area contributed by atoms with Crippen LogP contribution in [0.1, 0.15) is 30.5 Å². The average molecular weight is 476 g/mol. The number of nitrogens with zero attached hydrogens (tertiary/aromatic N) is 4. The molecule has 7 heteroatoms. The van der Waals surface area contributed by atoms with Gasteiger partial charge in [-0.1, -0.05) is 48.2 Å². The first-order chi connectivity index (χ1) is 16.8. The minimum atomic E-state index is 0.00918. The Morgan fingerprint density at radius 2 is 1.74 bits per heavy atom. The SMILES string of the molecule is O=C(NCCCN1CCCN(CCCc2ccccc2)CC1)C1=Cc2cnc3cccc(n23)S1. The third-order valence-corrected chi connectivity index (χ3v) is 7.69. The molecule has 0 bridgehead atoms. The lowest BCUT2D eigenvalue weighted by Crippen LogP contribution is -2.34. The molecule has 3 aromatic rings. The number of carbonyl (C=O) groups is 1. The Hall–Kier alpha value is -2.61. The summed E-state index contributed by atoms with van der Waals surface area (Å²) in [5.74, 6) is 0.00918. The zero-order valence-electron chi connectivity index (χ0n) is 19.7. The fourth-order valence-electron chi connectivity index (χ4n) is 4.81. The second-order valence-electron chi connectivity index (χ2n) is 9.09. The van der Waals surface area contributed by atoms with E-state index in [-0.39, 0.29) is 5.91 Å². The number of rotatable bonds is 9. The van der Waals surface area contributed by atoms with Crippen LogP contribution in [0.15, 0.2) is 64.7 Å². The largest absolute Gasteiger partial charge is 0.352 e. The van der Waals surface area contributed by atoms with Crippen molar-refractivity contribution in [3.63, 3.8) is 0 Å². The Kier molecular flexibility index (Phi) is 7.63. The lowest BCUT2D eigenvalue weighted by atomic mass is 10.1. The Labute approximate surface area is 206 Å². The number of nitrogens with one attached hydrogen (secondary N) is 1. The standard InChI is InChI=1S/C27H33N5OS/c33-27(24-20-23-21-29-25-11-4-12-26(34-24)32(23)25)28-13-6-15-31-17-7-16-30(18-19-31)14-5-10-22-8-2-1-3-9-22/h1-4,8-9,11-12,20-21H,5-7,10,13-19H2,(H,28,33). The van der Waals surface area contributed by atoms with Crippen LogP contribution in [0.2, 0.25) is 0 Å². The molecule has 34 heavy (non-hydrogen) atoms. The van der Waals surface area contributed by atoms with Crippen LogP contribution in [0, 0.1) is 0 Å². The smallest absolute Gasteiger partial charge is 0.258 e. The second-order valence-corrected chi connectivity index (χ2v) is 10.1. The minimum absolute atomic E-state index is 0.00918. The summed E-state index contributed by atoms with van der Waals surface area (Å²) in [5.41, 5.74) is 3.32. The van der Waals surface area contributed by atoms with Gasteiger partial charge in [-0.25, -0.2) is 4.98 Å². The molecule has 1 saturated heterocycles. The highest BCUT2D eigenvalue weighted by atomic mass is 32.2. The van der Waals surface area contributed by atoms with Gasteiger partial charge in [0.05, 0.1) is 21.8 Å². The molecule has 2 aromatic heterocycles. The quantitative estimate of drug-likeness (QED) is 0.476. The van der Waals surface area contributed by atoms with Crippen LogP contribution >= 0.6 is 11.8 Å². The first-order valence-corrected chi connectivity index (χ1v) is 13.2. The number of pyridine rings is 1.